The van der Waals surface area contributed by atoms with Crippen LogP contribution in [0, 0.1) is 0 Å². The van der Waals surface area contributed by atoms with Crippen LogP contribution >= 0.6 is 0 Å². The highest BCUT2D eigenvalue weighted by Gasteiger charge is 2.13. The first-order chi connectivity index (χ1) is 11.6. The summed E-state index contributed by atoms with van der Waals surface area (Å²) in [6, 6.07) is 17.2. The van der Waals surface area contributed by atoms with Gasteiger partial charge in [0, 0.05) is 7.05 Å². The molecule has 0 heterocycles. The van der Waals surface area contributed by atoms with Crippen LogP contribution in [0.5, 0.6) is 5.75 Å². The van der Waals surface area contributed by atoms with Crippen LogP contribution in [0.25, 0.3) is 0 Å². The Labute approximate surface area is 142 Å². The van der Waals surface area contributed by atoms with E-state index in [2.05, 4.69) is 5.10 Å². The molecular weight excluding hydrogens is 304 g/mol. The van der Waals surface area contributed by atoms with Gasteiger partial charge in [-0.2, -0.15) is 5.10 Å². The summed E-state index contributed by atoms with van der Waals surface area (Å²) >= 11 is 0. The minimum Gasteiger partial charge on any atom is -0.497 e. The van der Waals surface area contributed by atoms with E-state index in [1.54, 1.807) is 19.0 Å². The fourth-order valence-corrected chi connectivity index (χ4v) is 2.21. The minimum absolute atomic E-state index is 0.108. The number of hydrogen-bond acceptors (Lipinski definition) is 5. The first-order valence-corrected chi connectivity index (χ1v) is 7.80. The van der Waals surface area contributed by atoms with Gasteiger partial charge in [0.15, 0.2) is 0 Å². The zero-order valence-electron chi connectivity index (χ0n) is 14.2. The molecule has 0 spiro atoms. The lowest BCUT2D eigenvalue weighted by atomic mass is 10.1. The van der Waals surface area contributed by atoms with Gasteiger partial charge in [0.1, 0.15) is 5.75 Å². The third-order valence-corrected chi connectivity index (χ3v) is 3.44. The second-order valence-electron chi connectivity index (χ2n) is 5.12. The third-order valence-electron chi connectivity index (χ3n) is 3.44. The molecule has 0 saturated heterocycles. The number of methoxy groups -OCH3 is 1. The Balaban J connectivity index is 2.30. The van der Waals surface area contributed by atoms with Gasteiger partial charge in [-0.05, 0) is 48.9 Å². The molecule has 0 aromatic heterocycles. The van der Waals surface area contributed by atoms with Crippen molar-refractivity contribution in [1.82, 2.24) is 0 Å². The largest absolute Gasteiger partial charge is 0.497 e. The van der Waals surface area contributed by atoms with E-state index in [9.17, 15) is 4.79 Å². The molecule has 0 amide bonds. The Morgan fingerprint density at radius 2 is 1.75 bits per heavy atom. The predicted molar refractivity (Wildman–Crippen MR) is 95.6 cm³/mol. The van der Waals surface area contributed by atoms with Crippen LogP contribution in [0.15, 0.2) is 59.7 Å². The summed E-state index contributed by atoms with van der Waals surface area (Å²) in [4.78, 5) is 11.9. The maximum atomic E-state index is 11.9. The number of carbonyl (C=O) groups excluding carboxylic acids is 1. The molecule has 126 valence electrons. The molecule has 0 radical (unpaired) electrons. The highest BCUT2D eigenvalue weighted by molar-refractivity contribution is 6.09. The molecule has 2 aromatic rings. The van der Waals surface area contributed by atoms with Crippen molar-refractivity contribution in [1.29, 1.82) is 0 Å². The average Bonchev–Trinajstić information content (AvgIpc) is 2.62. The number of anilines is 1. The Kier molecular flexibility index (Phi) is 6.37. The summed E-state index contributed by atoms with van der Waals surface area (Å²) in [6.45, 7) is 2.14. The van der Waals surface area contributed by atoms with Gasteiger partial charge in [0.05, 0.1) is 31.5 Å². The molecule has 0 atom stereocenters. The fourth-order valence-electron chi connectivity index (χ4n) is 2.21. The lowest BCUT2D eigenvalue weighted by Gasteiger charge is -2.16. The highest BCUT2D eigenvalue weighted by atomic mass is 16.5. The van der Waals surface area contributed by atoms with E-state index in [4.69, 9.17) is 9.47 Å². The smallest absolute Gasteiger partial charge is 0.311 e. The standard InChI is InChI=1S/C19H22N2O3/c1-4-24-19(22)14-18(15-10-12-17(23-3)13-11-15)20-21(2)16-8-6-5-7-9-16/h5-13H,4,14H2,1-3H3. The van der Waals surface area contributed by atoms with Gasteiger partial charge in [-0.15, -0.1) is 0 Å². The van der Waals surface area contributed by atoms with Crippen molar-refractivity contribution in [3.8, 4) is 5.75 Å². The SMILES string of the molecule is CCOC(=O)CC(=NN(C)c1ccccc1)c1ccc(OC)cc1. The van der Waals surface area contributed by atoms with Crippen molar-refractivity contribution < 1.29 is 14.3 Å². The maximum absolute atomic E-state index is 11.9. The van der Waals surface area contributed by atoms with Gasteiger partial charge in [0.2, 0.25) is 0 Å². The molecule has 2 rings (SSSR count). The number of carbonyl (C=O) groups is 1. The Morgan fingerprint density at radius 3 is 2.33 bits per heavy atom. The molecule has 0 fully saturated rings. The lowest BCUT2D eigenvalue weighted by molar-refractivity contribution is -0.141. The Bertz CT molecular complexity index is 682. The van der Waals surface area contributed by atoms with Crippen LogP contribution in [-0.4, -0.2) is 32.4 Å². The van der Waals surface area contributed by atoms with Crippen molar-refractivity contribution >= 4 is 17.4 Å². The predicted octanol–water partition coefficient (Wildman–Crippen LogP) is 3.49. The average molecular weight is 326 g/mol. The summed E-state index contributed by atoms with van der Waals surface area (Å²) in [6.07, 6.45) is 0.108. The van der Waals surface area contributed by atoms with E-state index in [1.165, 1.54) is 0 Å². The number of rotatable bonds is 7. The molecule has 0 bridgehead atoms. The molecule has 0 N–H and O–H groups in total. The van der Waals surface area contributed by atoms with Gasteiger partial charge in [-0.25, -0.2) is 0 Å². The molecule has 0 unspecified atom stereocenters. The summed E-state index contributed by atoms with van der Waals surface area (Å²) < 4.78 is 10.2. The summed E-state index contributed by atoms with van der Waals surface area (Å²) in [5.41, 5.74) is 2.43. The van der Waals surface area contributed by atoms with Gasteiger partial charge >= 0.3 is 5.97 Å². The van der Waals surface area contributed by atoms with E-state index in [1.807, 2.05) is 61.6 Å². The van der Waals surface area contributed by atoms with Crippen LogP contribution in [-0.2, 0) is 9.53 Å². The van der Waals surface area contributed by atoms with Crippen LogP contribution in [0.3, 0.4) is 0 Å². The van der Waals surface area contributed by atoms with Crippen molar-refractivity contribution in [2.45, 2.75) is 13.3 Å². The van der Waals surface area contributed by atoms with Crippen molar-refractivity contribution in [2.24, 2.45) is 5.10 Å². The van der Waals surface area contributed by atoms with Crippen molar-refractivity contribution in [2.75, 3.05) is 25.8 Å². The number of para-hydroxylation sites is 1. The quantitative estimate of drug-likeness (QED) is 0.444. The maximum Gasteiger partial charge on any atom is 0.311 e. The second kappa shape index (κ2) is 8.72. The van der Waals surface area contributed by atoms with Crippen LogP contribution in [0.4, 0.5) is 5.69 Å². The van der Waals surface area contributed by atoms with Crippen LogP contribution in [0.2, 0.25) is 0 Å². The van der Waals surface area contributed by atoms with Gasteiger partial charge < -0.3 is 9.47 Å². The number of esters is 1. The van der Waals surface area contributed by atoms with E-state index < -0.39 is 0 Å². The first-order valence-electron chi connectivity index (χ1n) is 7.80. The number of benzene rings is 2. The second-order valence-corrected chi connectivity index (χ2v) is 5.12. The molecule has 24 heavy (non-hydrogen) atoms. The van der Waals surface area contributed by atoms with E-state index in [0.29, 0.717) is 12.3 Å². The molecular formula is C19H22N2O3. The molecule has 0 aliphatic rings. The van der Waals surface area contributed by atoms with Crippen molar-refractivity contribution in [3.05, 3.63) is 60.2 Å². The van der Waals surface area contributed by atoms with E-state index in [-0.39, 0.29) is 12.4 Å². The lowest BCUT2D eigenvalue weighted by Crippen LogP contribution is -2.18. The van der Waals surface area contributed by atoms with Crippen molar-refractivity contribution in [3.63, 3.8) is 0 Å². The molecule has 0 aliphatic heterocycles. The monoisotopic (exact) mass is 326 g/mol. The number of hydrazone groups is 1. The third kappa shape index (κ3) is 4.84. The van der Waals surface area contributed by atoms with Gasteiger partial charge in [-0.3, -0.25) is 9.80 Å². The van der Waals surface area contributed by atoms with Gasteiger partial charge in [0.25, 0.3) is 0 Å². The van der Waals surface area contributed by atoms with Gasteiger partial charge in [-0.1, -0.05) is 18.2 Å². The zero-order valence-corrected chi connectivity index (χ0v) is 14.2. The van der Waals surface area contributed by atoms with E-state index in [0.717, 1.165) is 17.0 Å². The molecule has 5 heteroatoms. The molecule has 5 nitrogen and oxygen atoms in total. The fraction of sp³-hybridized carbons (Fsp3) is 0.263. The minimum atomic E-state index is -0.298. The Morgan fingerprint density at radius 1 is 1.08 bits per heavy atom. The van der Waals surface area contributed by atoms with E-state index >= 15 is 0 Å². The topological polar surface area (TPSA) is 51.1 Å². The zero-order chi connectivity index (χ0) is 17.4. The van der Waals surface area contributed by atoms with Crippen LogP contribution in [0.1, 0.15) is 18.9 Å². The first kappa shape index (κ1) is 17.5. The molecule has 0 saturated carbocycles. The molecule has 0 aliphatic carbocycles. The summed E-state index contributed by atoms with van der Waals surface area (Å²) in [5.74, 6) is 0.458. The highest BCUT2D eigenvalue weighted by Crippen LogP contribution is 2.17. The number of hydrogen-bond donors (Lipinski definition) is 0. The molecule has 2 aromatic carbocycles. The number of ether oxygens (including phenoxy) is 2. The summed E-state index contributed by atoms with van der Waals surface area (Å²) in [5, 5.41) is 6.35. The normalized spacial score (nSPS) is 11.0. The number of nitrogens with zero attached hydrogens (tertiary/aromatic N) is 2. The Hall–Kier alpha value is -2.82. The van der Waals surface area contributed by atoms with Crippen LogP contribution < -0.4 is 9.75 Å². The summed E-state index contributed by atoms with van der Waals surface area (Å²) in [7, 11) is 3.47.